The van der Waals surface area contributed by atoms with Crippen molar-refractivity contribution in [2.45, 2.75) is 31.8 Å². The van der Waals surface area contributed by atoms with Crippen LogP contribution in [0.3, 0.4) is 0 Å². The molecule has 0 spiro atoms. The van der Waals surface area contributed by atoms with Crippen LogP contribution in [0.15, 0.2) is 28.7 Å². The molecule has 2 rings (SSSR count). The zero-order valence-electron chi connectivity index (χ0n) is 12.4. The minimum atomic E-state index is 0.247. The first-order chi connectivity index (χ1) is 9.69. The fourth-order valence-electron chi connectivity index (χ4n) is 2.88. The van der Waals surface area contributed by atoms with Gasteiger partial charge in [0.15, 0.2) is 0 Å². The molecule has 0 aliphatic heterocycles. The lowest BCUT2D eigenvalue weighted by atomic mass is 10.0. The topological polar surface area (TPSA) is 38.5 Å². The van der Waals surface area contributed by atoms with E-state index in [1.807, 2.05) is 6.07 Å². The van der Waals surface area contributed by atoms with Gasteiger partial charge in [-0.2, -0.15) is 0 Å². The maximum absolute atomic E-state index is 6.10. The van der Waals surface area contributed by atoms with Gasteiger partial charge >= 0.3 is 0 Å². The fourth-order valence-corrected chi connectivity index (χ4v) is 3.42. The zero-order valence-corrected chi connectivity index (χ0v) is 14.0. The lowest BCUT2D eigenvalue weighted by molar-refractivity contribution is 0.0832. The molecule has 1 saturated carbocycles. The summed E-state index contributed by atoms with van der Waals surface area (Å²) in [6.07, 6.45) is 2.69. The van der Waals surface area contributed by atoms with Crippen molar-refractivity contribution < 1.29 is 4.74 Å². The van der Waals surface area contributed by atoms with Crippen LogP contribution >= 0.6 is 15.9 Å². The molecular weight excluding hydrogens is 316 g/mol. The molecule has 0 saturated heterocycles. The summed E-state index contributed by atoms with van der Waals surface area (Å²) in [6.45, 7) is 4.63. The SMILES string of the molecule is COCCN(C(CN)c1ccccc1Br)C(C)C1CC1. The van der Waals surface area contributed by atoms with Crippen molar-refractivity contribution in [3.05, 3.63) is 34.3 Å². The van der Waals surface area contributed by atoms with E-state index in [2.05, 4.69) is 46.0 Å². The van der Waals surface area contributed by atoms with Crippen molar-refractivity contribution >= 4 is 15.9 Å². The van der Waals surface area contributed by atoms with E-state index in [0.29, 0.717) is 12.6 Å². The van der Waals surface area contributed by atoms with Gasteiger partial charge in [0.2, 0.25) is 0 Å². The summed E-state index contributed by atoms with van der Waals surface area (Å²) in [5.41, 5.74) is 7.38. The quantitative estimate of drug-likeness (QED) is 0.789. The van der Waals surface area contributed by atoms with Crippen molar-refractivity contribution in [2.75, 3.05) is 26.8 Å². The van der Waals surface area contributed by atoms with Crippen LogP contribution in [0.1, 0.15) is 31.4 Å². The number of benzene rings is 1. The highest BCUT2D eigenvalue weighted by atomic mass is 79.9. The Hall–Kier alpha value is -0.420. The van der Waals surface area contributed by atoms with Gasteiger partial charge in [-0.15, -0.1) is 0 Å². The third-order valence-corrected chi connectivity index (χ3v) is 4.99. The van der Waals surface area contributed by atoms with Gasteiger partial charge in [-0.1, -0.05) is 34.1 Å². The molecule has 1 aliphatic rings. The van der Waals surface area contributed by atoms with Crippen LogP contribution in [0.25, 0.3) is 0 Å². The molecule has 3 nitrogen and oxygen atoms in total. The highest BCUT2D eigenvalue weighted by molar-refractivity contribution is 9.10. The molecule has 112 valence electrons. The van der Waals surface area contributed by atoms with E-state index in [-0.39, 0.29) is 6.04 Å². The Morgan fingerprint density at radius 1 is 1.40 bits per heavy atom. The van der Waals surface area contributed by atoms with Crippen molar-refractivity contribution in [2.24, 2.45) is 11.7 Å². The molecule has 1 aliphatic carbocycles. The minimum Gasteiger partial charge on any atom is -0.383 e. The van der Waals surface area contributed by atoms with E-state index in [0.717, 1.165) is 23.5 Å². The number of halogens is 1. The van der Waals surface area contributed by atoms with Gasteiger partial charge in [0.1, 0.15) is 0 Å². The molecule has 1 aromatic rings. The molecule has 2 atom stereocenters. The summed E-state index contributed by atoms with van der Waals surface area (Å²) in [7, 11) is 1.76. The van der Waals surface area contributed by atoms with Crippen LogP contribution < -0.4 is 5.73 Å². The molecule has 0 heterocycles. The Morgan fingerprint density at radius 3 is 2.65 bits per heavy atom. The molecule has 0 bridgehead atoms. The molecule has 20 heavy (non-hydrogen) atoms. The highest BCUT2D eigenvalue weighted by Crippen LogP contribution is 2.38. The number of hydrogen-bond donors (Lipinski definition) is 1. The van der Waals surface area contributed by atoms with Crippen molar-refractivity contribution in [3.63, 3.8) is 0 Å². The molecule has 2 unspecified atom stereocenters. The molecule has 1 fully saturated rings. The van der Waals surface area contributed by atoms with Crippen molar-refractivity contribution in [1.82, 2.24) is 4.90 Å². The number of rotatable bonds is 8. The van der Waals surface area contributed by atoms with Crippen LogP contribution in [0.4, 0.5) is 0 Å². The summed E-state index contributed by atoms with van der Waals surface area (Å²) in [5.74, 6) is 0.823. The number of nitrogens with two attached hydrogens (primary N) is 1. The second kappa shape index (κ2) is 7.55. The Morgan fingerprint density at radius 2 is 2.10 bits per heavy atom. The molecule has 0 radical (unpaired) electrons. The number of ether oxygens (including phenoxy) is 1. The maximum Gasteiger partial charge on any atom is 0.0590 e. The second-order valence-electron chi connectivity index (χ2n) is 5.58. The standard InChI is InChI=1S/C16H25BrN2O/c1-12(13-7-8-13)19(9-10-20-2)16(11-18)14-5-3-4-6-15(14)17/h3-6,12-13,16H,7-11,18H2,1-2H3. The number of nitrogens with zero attached hydrogens (tertiary/aromatic N) is 1. The van der Waals surface area contributed by atoms with Crippen LogP contribution in [-0.2, 0) is 4.74 Å². The van der Waals surface area contributed by atoms with Gasteiger partial charge < -0.3 is 10.5 Å². The molecule has 4 heteroatoms. The average Bonchev–Trinajstić information content (AvgIpc) is 3.28. The highest BCUT2D eigenvalue weighted by Gasteiger charge is 2.35. The van der Waals surface area contributed by atoms with Gasteiger partial charge in [-0.3, -0.25) is 4.90 Å². The summed E-state index contributed by atoms with van der Waals surface area (Å²) < 4.78 is 6.43. The average molecular weight is 341 g/mol. The van der Waals surface area contributed by atoms with Crippen molar-refractivity contribution in [3.8, 4) is 0 Å². The molecule has 0 amide bonds. The third-order valence-electron chi connectivity index (χ3n) is 4.27. The van der Waals surface area contributed by atoms with E-state index in [9.17, 15) is 0 Å². The van der Waals surface area contributed by atoms with Gasteiger partial charge in [-0.05, 0) is 37.3 Å². The third kappa shape index (κ3) is 3.82. The lowest BCUT2D eigenvalue weighted by Crippen LogP contribution is -2.43. The Balaban J connectivity index is 2.21. The number of hydrogen-bond acceptors (Lipinski definition) is 3. The molecular formula is C16H25BrN2O. The monoisotopic (exact) mass is 340 g/mol. The van der Waals surface area contributed by atoms with Gasteiger partial charge in [0.05, 0.1) is 6.61 Å². The zero-order chi connectivity index (χ0) is 14.5. The second-order valence-corrected chi connectivity index (χ2v) is 6.44. The predicted molar refractivity (Wildman–Crippen MR) is 86.7 cm³/mol. The first-order valence-corrected chi connectivity index (χ1v) is 8.17. The molecule has 0 aromatic heterocycles. The fraction of sp³-hybridized carbons (Fsp3) is 0.625. The predicted octanol–water partition coefficient (Wildman–Crippen LogP) is 3.20. The normalized spacial score (nSPS) is 18.2. The van der Waals surface area contributed by atoms with Gasteiger partial charge in [0.25, 0.3) is 0 Å². The lowest BCUT2D eigenvalue weighted by Gasteiger charge is -2.36. The van der Waals surface area contributed by atoms with E-state index in [1.165, 1.54) is 18.4 Å². The summed E-state index contributed by atoms with van der Waals surface area (Å²) in [6, 6.07) is 9.20. The first kappa shape index (κ1) is 16.0. The summed E-state index contributed by atoms with van der Waals surface area (Å²) in [5, 5.41) is 0. The summed E-state index contributed by atoms with van der Waals surface area (Å²) >= 11 is 3.66. The number of methoxy groups -OCH3 is 1. The summed E-state index contributed by atoms with van der Waals surface area (Å²) in [4.78, 5) is 2.52. The first-order valence-electron chi connectivity index (χ1n) is 7.38. The van der Waals surface area contributed by atoms with Gasteiger partial charge in [0, 0.05) is 36.8 Å². The Labute approximate surface area is 130 Å². The van der Waals surface area contributed by atoms with E-state index >= 15 is 0 Å². The van der Waals surface area contributed by atoms with Crippen molar-refractivity contribution in [1.29, 1.82) is 0 Å². The largest absolute Gasteiger partial charge is 0.383 e. The Kier molecular flexibility index (Phi) is 6.02. The van der Waals surface area contributed by atoms with E-state index in [1.54, 1.807) is 7.11 Å². The van der Waals surface area contributed by atoms with E-state index < -0.39 is 0 Å². The minimum absolute atomic E-state index is 0.247. The Bertz CT molecular complexity index is 423. The van der Waals surface area contributed by atoms with E-state index in [4.69, 9.17) is 10.5 Å². The maximum atomic E-state index is 6.10. The molecule has 1 aromatic carbocycles. The van der Waals surface area contributed by atoms with Crippen LogP contribution in [0.5, 0.6) is 0 Å². The van der Waals surface area contributed by atoms with Crippen LogP contribution in [0.2, 0.25) is 0 Å². The smallest absolute Gasteiger partial charge is 0.0590 e. The van der Waals surface area contributed by atoms with Gasteiger partial charge in [-0.25, -0.2) is 0 Å². The van der Waals surface area contributed by atoms with Crippen LogP contribution in [0, 0.1) is 5.92 Å². The van der Waals surface area contributed by atoms with Crippen LogP contribution in [-0.4, -0.2) is 37.7 Å². The molecule has 2 N–H and O–H groups in total.